The van der Waals surface area contributed by atoms with Gasteiger partial charge >= 0.3 is 0 Å². The van der Waals surface area contributed by atoms with Gasteiger partial charge in [0.15, 0.2) is 12.0 Å². The minimum Gasteiger partial charge on any atom is -0.507 e. The van der Waals surface area contributed by atoms with Crippen molar-refractivity contribution in [3.8, 4) is 17.1 Å². The van der Waals surface area contributed by atoms with Gasteiger partial charge in [-0.25, -0.2) is 4.39 Å². The van der Waals surface area contributed by atoms with Crippen molar-refractivity contribution >= 4 is 22.2 Å². The van der Waals surface area contributed by atoms with Gasteiger partial charge in [-0.05, 0) is 24.3 Å². The average molecular weight is 285 g/mol. The van der Waals surface area contributed by atoms with Crippen LogP contribution in [0.3, 0.4) is 0 Å². The molecule has 0 aliphatic rings. The number of hydrogen-bond acceptors (Lipinski definition) is 3. The molecule has 1 aromatic heterocycles. The first-order valence-corrected chi connectivity index (χ1v) is 5.14. The van der Waals surface area contributed by atoms with Gasteiger partial charge in [0, 0.05) is 4.47 Å². The van der Waals surface area contributed by atoms with Crippen molar-refractivity contribution in [2.24, 2.45) is 0 Å². The Labute approximate surface area is 98.6 Å². The number of phenolic OH excluding ortho intramolecular Hbond substituents is 1. The molecule has 0 radical (unpaired) electrons. The summed E-state index contributed by atoms with van der Waals surface area (Å²) < 4.78 is 19.0. The van der Waals surface area contributed by atoms with Crippen molar-refractivity contribution in [3.05, 3.63) is 40.3 Å². The maximum Gasteiger partial charge on any atom is 0.185 e. The predicted molar refractivity (Wildman–Crippen MR) is 58.9 cm³/mol. The van der Waals surface area contributed by atoms with Gasteiger partial charge < -0.3 is 9.52 Å². The molecule has 0 unspecified atom stereocenters. The summed E-state index contributed by atoms with van der Waals surface area (Å²) in [7, 11) is 0. The number of phenols is 1. The summed E-state index contributed by atoms with van der Waals surface area (Å²) >= 11 is 3.05. The summed E-state index contributed by atoms with van der Waals surface area (Å²) in [5.41, 5.74) is -0.0590. The van der Waals surface area contributed by atoms with Gasteiger partial charge in [-0.2, -0.15) is 0 Å². The molecule has 0 atom stereocenters. The van der Waals surface area contributed by atoms with Gasteiger partial charge in [0.1, 0.15) is 17.3 Å². The second kappa shape index (κ2) is 4.09. The number of aldehydes is 1. The fourth-order valence-corrected chi connectivity index (χ4v) is 1.77. The highest BCUT2D eigenvalue weighted by molar-refractivity contribution is 9.10. The lowest BCUT2D eigenvalue weighted by atomic mass is 10.1. The van der Waals surface area contributed by atoms with E-state index in [1.165, 1.54) is 24.3 Å². The quantitative estimate of drug-likeness (QED) is 0.861. The molecule has 0 fully saturated rings. The summed E-state index contributed by atoms with van der Waals surface area (Å²) in [6.45, 7) is 0. The van der Waals surface area contributed by atoms with E-state index in [9.17, 15) is 14.3 Å². The number of rotatable bonds is 2. The van der Waals surface area contributed by atoms with Crippen LogP contribution >= 0.6 is 15.9 Å². The van der Waals surface area contributed by atoms with E-state index in [4.69, 9.17) is 4.42 Å². The molecule has 2 rings (SSSR count). The van der Waals surface area contributed by atoms with Crippen LogP contribution in [0.25, 0.3) is 11.3 Å². The Bertz CT molecular complexity index is 525. The third-order valence-corrected chi connectivity index (χ3v) is 2.48. The summed E-state index contributed by atoms with van der Waals surface area (Å²) in [4.78, 5) is 10.4. The molecule has 5 heteroatoms. The van der Waals surface area contributed by atoms with Crippen molar-refractivity contribution in [2.45, 2.75) is 0 Å². The average Bonchev–Trinajstić information content (AvgIpc) is 2.64. The maximum absolute atomic E-state index is 13.6. The number of benzene rings is 1. The van der Waals surface area contributed by atoms with Crippen molar-refractivity contribution < 1.29 is 18.7 Å². The molecule has 0 saturated heterocycles. The Balaban J connectivity index is 2.59. The van der Waals surface area contributed by atoms with E-state index >= 15 is 0 Å². The predicted octanol–water partition coefficient (Wildman–Crippen LogP) is 3.37. The van der Waals surface area contributed by atoms with Gasteiger partial charge in [0.25, 0.3) is 0 Å². The van der Waals surface area contributed by atoms with Crippen LogP contribution < -0.4 is 0 Å². The lowest BCUT2D eigenvalue weighted by Crippen LogP contribution is -1.84. The zero-order valence-electron chi connectivity index (χ0n) is 7.91. The molecule has 0 spiro atoms. The minimum absolute atomic E-state index is 0.0590. The molecule has 1 aromatic carbocycles. The van der Waals surface area contributed by atoms with E-state index in [0.29, 0.717) is 10.8 Å². The topological polar surface area (TPSA) is 50.4 Å². The number of carbonyl (C=O) groups excluding carboxylic acids is 1. The van der Waals surface area contributed by atoms with Crippen LogP contribution in [0.15, 0.2) is 33.2 Å². The van der Waals surface area contributed by atoms with Crippen LogP contribution in [0.4, 0.5) is 4.39 Å². The van der Waals surface area contributed by atoms with Crippen molar-refractivity contribution in [3.63, 3.8) is 0 Å². The molecule has 0 amide bonds. The number of halogens is 2. The standard InChI is InChI=1S/C11H6BrFO3/c12-6-3-8(13)11(9(15)4-6)10-2-1-7(5-14)16-10/h1-5,15H. The van der Waals surface area contributed by atoms with Crippen LogP contribution in [-0.2, 0) is 0 Å². The third-order valence-electron chi connectivity index (χ3n) is 2.02. The van der Waals surface area contributed by atoms with E-state index in [1.54, 1.807) is 0 Å². The SMILES string of the molecule is O=Cc1ccc(-c2c(O)cc(Br)cc2F)o1. The fraction of sp³-hybridized carbons (Fsp3) is 0. The van der Waals surface area contributed by atoms with Crippen LogP contribution in [-0.4, -0.2) is 11.4 Å². The Hall–Kier alpha value is -1.62. The molecule has 3 nitrogen and oxygen atoms in total. The summed E-state index contributed by atoms with van der Waals surface area (Å²) in [5, 5.41) is 9.59. The number of carbonyl (C=O) groups is 1. The highest BCUT2D eigenvalue weighted by Crippen LogP contribution is 2.35. The van der Waals surface area contributed by atoms with E-state index in [0.717, 1.165) is 0 Å². The molecule has 0 saturated carbocycles. The van der Waals surface area contributed by atoms with E-state index < -0.39 is 5.82 Å². The molecular weight excluding hydrogens is 279 g/mol. The largest absolute Gasteiger partial charge is 0.507 e. The Morgan fingerprint density at radius 1 is 1.38 bits per heavy atom. The van der Waals surface area contributed by atoms with Gasteiger partial charge in [-0.3, -0.25) is 4.79 Å². The maximum atomic E-state index is 13.6. The van der Waals surface area contributed by atoms with Crippen LogP contribution in [0.2, 0.25) is 0 Å². The zero-order valence-corrected chi connectivity index (χ0v) is 9.49. The molecule has 1 N–H and O–H groups in total. The molecule has 0 bridgehead atoms. The smallest absolute Gasteiger partial charge is 0.185 e. The Morgan fingerprint density at radius 2 is 2.12 bits per heavy atom. The monoisotopic (exact) mass is 284 g/mol. The lowest BCUT2D eigenvalue weighted by molar-refractivity contribution is 0.110. The van der Waals surface area contributed by atoms with E-state index in [2.05, 4.69) is 15.9 Å². The Morgan fingerprint density at radius 3 is 2.69 bits per heavy atom. The molecular formula is C11H6BrFO3. The molecule has 2 aromatic rings. The van der Waals surface area contributed by atoms with Crippen molar-refractivity contribution in [1.29, 1.82) is 0 Å². The highest BCUT2D eigenvalue weighted by Gasteiger charge is 2.15. The molecule has 1 heterocycles. The lowest BCUT2D eigenvalue weighted by Gasteiger charge is -2.03. The van der Waals surface area contributed by atoms with Crippen LogP contribution in [0, 0.1) is 5.82 Å². The number of hydrogen-bond donors (Lipinski definition) is 1. The first kappa shape index (κ1) is 10.9. The molecule has 82 valence electrons. The number of furan rings is 1. The van der Waals surface area contributed by atoms with E-state index in [1.807, 2.05) is 0 Å². The van der Waals surface area contributed by atoms with Crippen molar-refractivity contribution in [1.82, 2.24) is 0 Å². The second-order valence-corrected chi connectivity index (χ2v) is 4.02. The summed E-state index contributed by atoms with van der Waals surface area (Å²) in [6, 6.07) is 5.39. The second-order valence-electron chi connectivity index (χ2n) is 3.10. The van der Waals surface area contributed by atoms with Crippen molar-refractivity contribution in [2.75, 3.05) is 0 Å². The summed E-state index contributed by atoms with van der Waals surface area (Å²) in [5.74, 6) is -0.682. The third kappa shape index (κ3) is 1.86. The first-order valence-electron chi connectivity index (χ1n) is 4.35. The first-order chi connectivity index (χ1) is 7.61. The zero-order chi connectivity index (χ0) is 11.7. The van der Waals surface area contributed by atoms with Gasteiger partial charge in [0.05, 0.1) is 5.56 Å². The molecule has 16 heavy (non-hydrogen) atoms. The van der Waals surface area contributed by atoms with Gasteiger partial charge in [-0.1, -0.05) is 15.9 Å². The van der Waals surface area contributed by atoms with Crippen LogP contribution in [0.1, 0.15) is 10.6 Å². The van der Waals surface area contributed by atoms with Crippen LogP contribution in [0.5, 0.6) is 5.75 Å². The number of aromatic hydroxyl groups is 1. The Kier molecular flexibility index (Phi) is 2.78. The van der Waals surface area contributed by atoms with Gasteiger partial charge in [0.2, 0.25) is 0 Å². The van der Waals surface area contributed by atoms with Gasteiger partial charge in [-0.15, -0.1) is 0 Å². The summed E-state index contributed by atoms with van der Waals surface area (Å²) in [6.07, 6.45) is 0.511. The normalized spacial score (nSPS) is 10.4. The fourth-order valence-electron chi connectivity index (χ4n) is 1.35. The molecule has 0 aliphatic heterocycles. The minimum atomic E-state index is -0.626. The molecule has 0 aliphatic carbocycles. The highest BCUT2D eigenvalue weighted by atomic mass is 79.9. The van der Waals surface area contributed by atoms with E-state index in [-0.39, 0.29) is 22.8 Å².